The van der Waals surface area contributed by atoms with Crippen LogP contribution in [0.5, 0.6) is 11.5 Å². The zero-order valence-electron chi connectivity index (χ0n) is 14.9. The molecule has 0 fully saturated rings. The van der Waals surface area contributed by atoms with Gasteiger partial charge in [0, 0.05) is 17.6 Å². The van der Waals surface area contributed by atoms with Gasteiger partial charge in [-0.3, -0.25) is 4.98 Å². The van der Waals surface area contributed by atoms with Gasteiger partial charge in [0.2, 0.25) is 0 Å². The Bertz CT molecular complexity index is 1260. The smallest absolute Gasteiger partial charge is 0.192 e. The fraction of sp³-hybridized carbons (Fsp3) is 0.100. The molecule has 0 spiro atoms. The van der Waals surface area contributed by atoms with E-state index in [-0.39, 0.29) is 6.61 Å². The van der Waals surface area contributed by atoms with Gasteiger partial charge in [0.1, 0.15) is 23.8 Å². The van der Waals surface area contributed by atoms with Gasteiger partial charge in [-0.2, -0.15) is 9.61 Å². The number of hydrogen-bond acceptors (Lipinski definition) is 7. The number of fused-ring (bicyclic) bond motifs is 2. The monoisotopic (exact) mass is 373 g/mol. The third-order valence-electron chi connectivity index (χ3n) is 4.37. The Morgan fingerprint density at radius 2 is 2.04 bits per heavy atom. The third kappa shape index (κ3) is 2.81. The third-order valence-corrected chi connectivity index (χ3v) is 4.37. The largest absolute Gasteiger partial charge is 0.497 e. The summed E-state index contributed by atoms with van der Waals surface area (Å²) in [5.74, 6) is 2.71. The van der Waals surface area contributed by atoms with E-state index in [0.29, 0.717) is 28.7 Å². The molecule has 0 bridgehead atoms. The predicted octanol–water partition coefficient (Wildman–Crippen LogP) is 3.52. The van der Waals surface area contributed by atoms with Crippen molar-refractivity contribution in [2.24, 2.45) is 0 Å². The molecule has 0 aliphatic rings. The number of aromatic nitrogens is 5. The highest BCUT2D eigenvalue weighted by Crippen LogP contribution is 2.27. The van der Waals surface area contributed by atoms with Crippen LogP contribution >= 0.6 is 0 Å². The van der Waals surface area contributed by atoms with Gasteiger partial charge in [0.05, 0.1) is 18.9 Å². The molecule has 138 valence electrons. The van der Waals surface area contributed by atoms with Crippen LogP contribution in [0.15, 0.2) is 65.4 Å². The summed E-state index contributed by atoms with van der Waals surface area (Å²) in [5, 5.41) is 13.8. The molecule has 0 atom stereocenters. The van der Waals surface area contributed by atoms with Crippen LogP contribution in [0.4, 0.5) is 0 Å². The summed E-state index contributed by atoms with van der Waals surface area (Å²) in [4.78, 5) is 4.37. The number of furan rings is 1. The minimum Gasteiger partial charge on any atom is -0.497 e. The first-order valence-electron chi connectivity index (χ1n) is 8.62. The number of ether oxygens (including phenoxy) is 2. The molecule has 4 aromatic heterocycles. The quantitative estimate of drug-likeness (QED) is 0.466. The molecule has 0 saturated carbocycles. The number of hydrogen-bond donors (Lipinski definition) is 0. The van der Waals surface area contributed by atoms with E-state index >= 15 is 0 Å². The van der Waals surface area contributed by atoms with Gasteiger partial charge in [-0.05, 0) is 42.5 Å². The standard InChI is InChI=1S/C20H15N5O3/c1-26-13-4-5-14-16(11-13)21-9-8-17(14)28-12-20-23-22-19-7-6-15(24-25(19)20)18-3-2-10-27-18/h2-11H,12H2,1H3. The lowest BCUT2D eigenvalue weighted by molar-refractivity contribution is 0.296. The minimum atomic E-state index is 0.209. The first-order chi connectivity index (χ1) is 13.8. The van der Waals surface area contributed by atoms with Gasteiger partial charge in [-0.15, -0.1) is 10.2 Å². The van der Waals surface area contributed by atoms with Crippen LogP contribution < -0.4 is 9.47 Å². The maximum atomic E-state index is 6.01. The molecule has 28 heavy (non-hydrogen) atoms. The number of pyridine rings is 1. The molecule has 5 aromatic rings. The number of methoxy groups -OCH3 is 1. The Labute approximate surface area is 159 Å². The summed E-state index contributed by atoms with van der Waals surface area (Å²) >= 11 is 0. The fourth-order valence-electron chi connectivity index (χ4n) is 2.98. The highest BCUT2D eigenvalue weighted by atomic mass is 16.5. The zero-order chi connectivity index (χ0) is 18.9. The molecule has 0 radical (unpaired) electrons. The van der Waals surface area contributed by atoms with Crippen LogP contribution in [0.25, 0.3) is 28.0 Å². The lowest BCUT2D eigenvalue weighted by atomic mass is 10.2. The SMILES string of the molecule is COc1ccc2c(OCc3nnc4ccc(-c5ccco5)nn34)ccnc2c1. The first kappa shape index (κ1) is 16.2. The maximum absolute atomic E-state index is 6.01. The Hall–Kier alpha value is -3.94. The van der Waals surface area contributed by atoms with Gasteiger partial charge >= 0.3 is 0 Å². The second-order valence-corrected chi connectivity index (χ2v) is 6.06. The average Bonchev–Trinajstić information content (AvgIpc) is 3.41. The molecule has 0 aliphatic carbocycles. The second-order valence-electron chi connectivity index (χ2n) is 6.06. The van der Waals surface area contributed by atoms with E-state index < -0.39 is 0 Å². The Morgan fingerprint density at radius 1 is 1.07 bits per heavy atom. The Morgan fingerprint density at radius 3 is 2.89 bits per heavy atom. The van der Waals surface area contributed by atoms with Crippen molar-refractivity contribution in [1.82, 2.24) is 24.8 Å². The van der Waals surface area contributed by atoms with Gasteiger partial charge in [0.15, 0.2) is 17.2 Å². The first-order valence-corrected chi connectivity index (χ1v) is 8.62. The summed E-state index contributed by atoms with van der Waals surface area (Å²) in [5.41, 5.74) is 2.12. The molecular formula is C20H15N5O3. The summed E-state index contributed by atoms with van der Waals surface area (Å²) < 4.78 is 18.3. The Balaban J connectivity index is 1.46. The van der Waals surface area contributed by atoms with Crippen LogP contribution in [-0.2, 0) is 6.61 Å². The van der Waals surface area contributed by atoms with Crippen LogP contribution in [0.1, 0.15) is 5.82 Å². The maximum Gasteiger partial charge on any atom is 0.192 e. The van der Waals surface area contributed by atoms with Gasteiger partial charge in [-0.25, -0.2) is 0 Å². The zero-order valence-corrected chi connectivity index (χ0v) is 14.9. The summed E-state index contributed by atoms with van der Waals surface area (Å²) in [6, 6.07) is 14.8. The molecule has 0 unspecified atom stereocenters. The molecule has 0 N–H and O–H groups in total. The van der Waals surface area contributed by atoms with E-state index in [1.54, 1.807) is 24.1 Å². The van der Waals surface area contributed by atoms with E-state index in [1.807, 2.05) is 48.5 Å². The molecule has 4 heterocycles. The predicted molar refractivity (Wildman–Crippen MR) is 101 cm³/mol. The topological polar surface area (TPSA) is 87.6 Å². The van der Waals surface area contributed by atoms with Crippen molar-refractivity contribution in [3.05, 3.63) is 66.8 Å². The molecule has 0 aliphatic heterocycles. The molecule has 0 saturated heterocycles. The fourth-order valence-corrected chi connectivity index (χ4v) is 2.98. The van der Waals surface area contributed by atoms with Gasteiger partial charge in [-0.1, -0.05) is 0 Å². The van der Waals surface area contributed by atoms with Crippen molar-refractivity contribution in [3.63, 3.8) is 0 Å². The van der Waals surface area contributed by atoms with Crippen molar-refractivity contribution >= 4 is 16.6 Å². The molecule has 1 aromatic carbocycles. The summed E-state index contributed by atoms with van der Waals surface area (Å²) in [6.45, 7) is 0.209. The minimum absolute atomic E-state index is 0.209. The normalized spacial score (nSPS) is 11.2. The van der Waals surface area contributed by atoms with Crippen LogP contribution in [0.3, 0.4) is 0 Å². The van der Waals surface area contributed by atoms with E-state index in [4.69, 9.17) is 13.9 Å². The number of rotatable bonds is 5. The average molecular weight is 373 g/mol. The van der Waals surface area contributed by atoms with Crippen molar-refractivity contribution in [3.8, 4) is 23.0 Å². The molecule has 8 nitrogen and oxygen atoms in total. The number of nitrogens with zero attached hydrogens (tertiary/aromatic N) is 5. The van der Waals surface area contributed by atoms with E-state index in [9.17, 15) is 0 Å². The second kappa shape index (κ2) is 6.66. The molecular weight excluding hydrogens is 358 g/mol. The van der Waals surface area contributed by atoms with Crippen molar-refractivity contribution in [2.45, 2.75) is 6.61 Å². The van der Waals surface area contributed by atoms with E-state index in [2.05, 4.69) is 20.3 Å². The van der Waals surface area contributed by atoms with Crippen molar-refractivity contribution in [2.75, 3.05) is 7.11 Å². The van der Waals surface area contributed by atoms with Gasteiger partial charge in [0.25, 0.3) is 0 Å². The molecule has 0 amide bonds. The summed E-state index contributed by atoms with van der Waals surface area (Å²) in [7, 11) is 1.63. The van der Waals surface area contributed by atoms with Crippen LogP contribution in [-0.4, -0.2) is 31.9 Å². The van der Waals surface area contributed by atoms with Crippen LogP contribution in [0.2, 0.25) is 0 Å². The van der Waals surface area contributed by atoms with Crippen molar-refractivity contribution in [1.29, 1.82) is 0 Å². The highest BCUT2D eigenvalue weighted by Gasteiger charge is 2.12. The molecule has 5 rings (SSSR count). The lowest BCUT2D eigenvalue weighted by Gasteiger charge is -2.09. The number of benzene rings is 1. The molecule has 8 heteroatoms. The summed E-state index contributed by atoms with van der Waals surface area (Å²) in [6.07, 6.45) is 3.31. The Kier molecular flexibility index (Phi) is 3.86. The van der Waals surface area contributed by atoms with Crippen LogP contribution in [0, 0.1) is 0 Å². The van der Waals surface area contributed by atoms with Crippen molar-refractivity contribution < 1.29 is 13.9 Å². The van der Waals surface area contributed by atoms with E-state index in [1.165, 1.54) is 0 Å². The van der Waals surface area contributed by atoms with Gasteiger partial charge < -0.3 is 13.9 Å². The lowest BCUT2D eigenvalue weighted by Crippen LogP contribution is -2.05. The van der Waals surface area contributed by atoms with E-state index in [0.717, 1.165) is 16.7 Å². The highest BCUT2D eigenvalue weighted by molar-refractivity contribution is 5.85.